The summed E-state index contributed by atoms with van der Waals surface area (Å²) in [4.78, 5) is 16.6. The summed E-state index contributed by atoms with van der Waals surface area (Å²) in [6.07, 6.45) is 5.66. The first-order valence-corrected chi connectivity index (χ1v) is 9.31. The number of fused-ring (bicyclic) bond motifs is 1. The van der Waals surface area contributed by atoms with Gasteiger partial charge in [-0.25, -0.2) is 4.79 Å². The van der Waals surface area contributed by atoms with Gasteiger partial charge in [0.1, 0.15) is 6.61 Å². The number of cyclic esters (lactones) is 1. The van der Waals surface area contributed by atoms with Crippen LogP contribution in [0.2, 0.25) is 0 Å². The van der Waals surface area contributed by atoms with Crippen molar-refractivity contribution in [3.63, 3.8) is 0 Å². The molecule has 2 aromatic rings. The number of unbranched alkanes of at least 4 members (excludes halogenated alkanes) is 1. The van der Waals surface area contributed by atoms with Gasteiger partial charge in [0.05, 0.1) is 6.04 Å². The van der Waals surface area contributed by atoms with Gasteiger partial charge in [-0.15, -0.1) is 0 Å². The Morgan fingerprint density at radius 1 is 1.35 bits per heavy atom. The molecule has 2 heterocycles. The maximum absolute atomic E-state index is 11.1. The SMILES string of the molecule is CCCCO.CN(C)CCc1c[nH]c2ccc(C[C@H]3COC(=O)N3)cc12. The Balaban J connectivity index is 0.000000431. The number of amides is 1. The molecule has 0 spiro atoms. The number of ether oxygens (including phenoxy) is 1. The van der Waals surface area contributed by atoms with Crippen molar-refractivity contribution < 1.29 is 14.6 Å². The molecule has 0 aliphatic carbocycles. The molecule has 1 aliphatic heterocycles. The lowest BCUT2D eigenvalue weighted by molar-refractivity contribution is 0.177. The first-order chi connectivity index (χ1) is 12.5. The minimum atomic E-state index is -0.311. The average molecular weight is 361 g/mol. The number of hydrogen-bond donors (Lipinski definition) is 3. The molecule has 0 radical (unpaired) electrons. The van der Waals surface area contributed by atoms with Crippen molar-refractivity contribution in [2.45, 2.75) is 38.6 Å². The number of rotatable bonds is 7. The van der Waals surface area contributed by atoms with Crippen LogP contribution in [0.1, 0.15) is 30.9 Å². The number of aromatic amines is 1. The van der Waals surface area contributed by atoms with Crippen LogP contribution in [0.5, 0.6) is 0 Å². The lowest BCUT2D eigenvalue weighted by atomic mass is 10.0. The molecule has 0 saturated carbocycles. The predicted molar refractivity (Wildman–Crippen MR) is 105 cm³/mol. The maximum Gasteiger partial charge on any atom is 0.407 e. The largest absolute Gasteiger partial charge is 0.447 e. The van der Waals surface area contributed by atoms with Gasteiger partial charge in [-0.05, 0) is 56.6 Å². The Hall–Kier alpha value is -2.05. The second-order valence-electron chi connectivity index (χ2n) is 6.97. The summed E-state index contributed by atoms with van der Waals surface area (Å²) in [5.74, 6) is 0. The van der Waals surface area contributed by atoms with Crippen molar-refractivity contribution in [2.75, 3.05) is 33.9 Å². The van der Waals surface area contributed by atoms with Crippen molar-refractivity contribution in [3.8, 4) is 0 Å². The zero-order valence-electron chi connectivity index (χ0n) is 16.0. The minimum absolute atomic E-state index is 0.0825. The molecule has 26 heavy (non-hydrogen) atoms. The predicted octanol–water partition coefficient (Wildman–Crippen LogP) is 2.70. The number of nitrogens with zero attached hydrogens (tertiary/aromatic N) is 1. The van der Waals surface area contributed by atoms with E-state index in [9.17, 15) is 4.79 Å². The van der Waals surface area contributed by atoms with Crippen molar-refractivity contribution in [1.82, 2.24) is 15.2 Å². The zero-order chi connectivity index (χ0) is 18.9. The Bertz CT molecular complexity index is 695. The highest BCUT2D eigenvalue weighted by molar-refractivity contribution is 5.84. The van der Waals surface area contributed by atoms with Crippen molar-refractivity contribution >= 4 is 17.0 Å². The quantitative estimate of drug-likeness (QED) is 0.709. The number of carbonyl (C=O) groups excluding carboxylic acids is 1. The highest BCUT2D eigenvalue weighted by atomic mass is 16.6. The van der Waals surface area contributed by atoms with E-state index in [1.807, 2.05) is 0 Å². The molecule has 6 nitrogen and oxygen atoms in total. The Morgan fingerprint density at radius 3 is 2.73 bits per heavy atom. The summed E-state index contributed by atoms with van der Waals surface area (Å²) in [5.41, 5.74) is 3.73. The molecular formula is C20H31N3O3. The van der Waals surface area contributed by atoms with Gasteiger partial charge in [-0.2, -0.15) is 0 Å². The third-order valence-corrected chi connectivity index (χ3v) is 4.39. The van der Waals surface area contributed by atoms with Crippen LogP contribution in [0, 0.1) is 0 Å². The number of hydrogen-bond acceptors (Lipinski definition) is 4. The van der Waals surface area contributed by atoms with Gasteiger partial charge in [0.2, 0.25) is 0 Å². The molecule has 0 unspecified atom stereocenters. The van der Waals surface area contributed by atoms with Crippen LogP contribution >= 0.6 is 0 Å². The van der Waals surface area contributed by atoms with Gasteiger partial charge in [-0.1, -0.05) is 19.4 Å². The number of aliphatic hydroxyl groups excluding tert-OH is 1. The van der Waals surface area contributed by atoms with E-state index < -0.39 is 0 Å². The van der Waals surface area contributed by atoms with Gasteiger partial charge in [0, 0.05) is 30.3 Å². The maximum atomic E-state index is 11.1. The Morgan fingerprint density at radius 2 is 2.15 bits per heavy atom. The molecule has 6 heteroatoms. The van der Waals surface area contributed by atoms with E-state index in [2.05, 4.69) is 60.6 Å². The van der Waals surface area contributed by atoms with Crippen LogP contribution in [0.4, 0.5) is 4.79 Å². The molecule has 1 aromatic carbocycles. The van der Waals surface area contributed by atoms with Gasteiger partial charge < -0.3 is 25.0 Å². The average Bonchev–Trinajstić information content (AvgIpc) is 3.20. The van der Waals surface area contributed by atoms with E-state index in [1.165, 1.54) is 22.0 Å². The van der Waals surface area contributed by atoms with Crippen LogP contribution in [0.15, 0.2) is 24.4 Å². The fraction of sp³-hybridized carbons (Fsp3) is 0.550. The fourth-order valence-corrected chi connectivity index (χ4v) is 2.88. The molecule has 0 bridgehead atoms. The molecule has 3 N–H and O–H groups in total. The lowest BCUT2D eigenvalue weighted by Crippen LogP contribution is -2.28. The van der Waals surface area contributed by atoms with E-state index in [0.29, 0.717) is 13.2 Å². The van der Waals surface area contributed by atoms with Gasteiger partial charge in [0.25, 0.3) is 0 Å². The third-order valence-electron chi connectivity index (χ3n) is 4.39. The highest BCUT2D eigenvalue weighted by Gasteiger charge is 2.22. The van der Waals surface area contributed by atoms with Crippen LogP contribution in [0.25, 0.3) is 10.9 Å². The fourth-order valence-electron chi connectivity index (χ4n) is 2.88. The van der Waals surface area contributed by atoms with Gasteiger partial charge in [0.15, 0.2) is 0 Å². The monoisotopic (exact) mass is 361 g/mol. The number of aromatic nitrogens is 1. The minimum Gasteiger partial charge on any atom is -0.447 e. The molecular weight excluding hydrogens is 330 g/mol. The van der Waals surface area contributed by atoms with Crippen molar-refractivity contribution in [2.24, 2.45) is 0 Å². The molecule has 3 rings (SSSR count). The summed E-state index contributed by atoms with van der Waals surface area (Å²) in [5, 5.41) is 12.2. The van der Waals surface area contributed by atoms with E-state index in [-0.39, 0.29) is 12.1 Å². The number of H-pyrrole nitrogens is 1. The smallest absolute Gasteiger partial charge is 0.407 e. The molecule has 1 atom stereocenters. The number of carbonyl (C=O) groups is 1. The first kappa shape index (κ1) is 20.3. The molecule has 144 valence electrons. The molecule has 1 amide bonds. The van der Waals surface area contributed by atoms with Crippen molar-refractivity contribution in [3.05, 3.63) is 35.5 Å². The van der Waals surface area contributed by atoms with Crippen LogP contribution < -0.4 is 5.32 Å². The number of likely N-dealkylation sites (N-methyl/N-ethyl adjacent to an activating group) is 1. The summed E-state index contributed by atoms with van der Waals surface area (Å²) in [6.45, 7) is 3.88. The number of benzene rings is 1. The summed E-state index contributed by atoms with van der Waals surface area (Å²) in [7, 11) is 4.17. The molecule has 1 saturated heterocycles. The third kappa shape index (κ3) is 6.04. The van der Waals surface area contributed by atoms with Crippen molar-refractivity contribution in [1.29, 1.82) is 0 Å². The first-order valence-electron chi connectivity index (χ1n) is 9.31. The Labute approximate surface area is 155 Å². The lowest BCUT2D eigenvalue weighted by Gasteiger charge is -2.09. The number of nitrogens with one attached hydrogen (secondary N) is 2. The van der Waals surface area contributed by atoms with Crippen LogP contribution in [-0.2, 0) is 17.6 Å². The number of aliphatic hydroxyl groups is 1. The normalized spacial score (nSPS) is 16.3. The van der Waals surface area contributed by atoms with Crippen LogP contribution in [-0.4, -0.2) is 61.0 Å². The Kier molecular flexibility index (Phi) is 7.94. The highest BCUT2D eigenvalue weighted by Crippen LogP contribution is 2.21. The topological polar surface area (TPSA) is 77.6 Å². The number of alkyl carbamates (subject to hydrolysis) is 1. The van der Waals surface area contributed by atoms with E-state index in [0.717, 1.165) is 32.2 Å². The molecule has 1 fully saturated rings. The second-order valence-corrected chi connectivity index (χ2v) is 6.97. The molecule has 1 aromatic heterocycles. The van der Waals surface area contributed by atoms with E-state index >= 15 is 0 Å². The van der Waals surface area contributed by atoms with E-state index in [1.54, 1.807) is 0 Å². The zero-order valence-corrected chi connectivity index (χ0v) is 16.0. The van der Waals surface area contributed by atoms with Crippen LogP contribution in [0.3, 0.4) is 0 Å². The summed E-state index contributed by atoms with van der Waals surface area (Å²) < 4.78 is 4.94. The second kappa shape index (κ2) is 10.2. The summed E-state index contributed by atoms with van der Waals surface area (Å²) >= 11 is 0. The molecule has 1 aliphatic rings. The van der Waals surface area contributed by atoms with Gasteiger partial charge >= 0.3 is 6.09 Å². The standard InChI is InChI=1S/C16H21N3O2.C4H10O/c1-19(2)6-5-12-9-17-15-4-3-11(8-14(12)15)7-13-10-21-16(20)18-13;1-2-3-4-5/h3-4,8-9,13,17H,5-7,10H2,1-2H3,(H,18,20);5H,2-4H2,1H3/t13-;/m0./s1. The van der Waals surface area contributed by atoms with E-state index in [4.69, 9.17) is 9.84 Å². The van der Waals surface area contributed by atoms with Gasteiger partial charge in [-0.3, -0.25) is 0 Å². The summed E-state index contributed by atoms with van der Waals surface area (Å²) in [6, 6.07) is 6.53.